The van der Waals surface area contributed by atoms with Crippen LogP contribution in [0, 0.1) is 5.92 Å². The molecule has 4 heteroatoms. The van der Waals surface area contributed by atoms with E-state index in [0.29, 0.717) is 12.3 Å². The van der Waals surface area contributed by atoms with Crippen LogP contribution in [0.3, 0.4) is 0 Å². The second-order valence-corrected chi connectivity index (χ2v) is 4.00. The van der Waals surface area contributed by atoms with E-state index in [9.17, 15) is 4.79 Å². The Morgan fingerprint density at radius 2 is 1.67 bits per heavy atom. The summed E-state index contributed by atoms with van der Waals surface area (Å²) in [4.78, 5) is 11.0. The van der Waals surface area contributed by atoms with Gasteiger partial charge in [-0.05, 0) is 18.8 Å². The van der Waals surface area contributed by atoms with Crippen LogP contribution < -0.4 is 0 Å². The van der Waals surface area contributed by atoms with Crippen molar-refractivity contribution in [2.75, 3.05) is 0 Å². The Balaban J connectivity index is 0. The van der Waals surface area contributed by atoms with Crippen LogP contribution in [0.2, 0.25) is 0 Å². The first-order valence-corrected chi connectivity index (χ1v) is 5.95. The van der Waals surface area contributed by atoms with E-state index in [1.165, 1.54) is 25.7 Å². The monoisotopic (exact) mass is 342 g/mol. The zero-order chi connectivity index (χ0) is 10.8. The summed E-state index contributed by atoms with van der Waals surface area (Å²) < 4.78 is 4.40. The van der Waals surface area contributed by atoms with Crippen molar-refractivity contribution >= 4 is 42.8 Å². The van der Waals surface area contributed by atoms with E-state index in [1.54, 1.807) is 0 Å². The van der Waals surface area contributed by atoms with Gasteiger partial charge >= 0.3 is 29.9 Å². The molecule has 0 radical (unpaired) electrons. The molecule has 0 aliphatic rings. The number of hydrogen-bond donors (Lipinski definition) is 1. The molecular formula is C11H26O2SSn. The third-order valence-corrected chi connectivity index (χ3v) is 2.69. The zero-order valence-electron chi connectivity index (χ0n) is 9.29. The summed E-state index contributed by atoms with van der Waals surface area (Å²) >= 11 is 3.52. The first-order valence-electron chi connectivity index (χ1n) is 5.58. The van der Waals surface area contributed by atoms with Crippen LogP contribution in [0.5, 0.6) is 0 Å². The molecule has 0 aromatic heterocycles. The molecule has 0 fully saturated rings. The molecule has 0 saturated carbocycles. The summed E-state index contributed by atoms with van der Waals surface area (Å²) in [5.41, 5.74) is 0. The van der Waals surface area contributed by atoms with Crippen LogP contribution in [0.15, 0.2) is 0 Å². The summed E-state index contributed by atoms with van der Waals surface area (Å²) in [5, 5.41) is 0. The maximum atomic E-state index is 11.0. The molecule has 2 nitrogen and oxygen atoms in total. The number of unbranched alkanes of at least 4 members (excludes halogenated alkanes) is 2. The van der Waals surface area contributed by atoms with E-state index in [-0.39, 0.29) is 29.9 Å². The standard InChI is InChI=1S/C11H22O2S.Sn.4H/c1-3-5-7-10(8-6-4-2)9-11(12)13-14;;;;;/h10,14H,3-9H2,1-2H3;;;;;. The first kappa shape index (κ1) is 18.0. The van der Waals surface area contributed by atoms with Gasteiger partial charge in [-0.15, -0.1) is 0 Å². The fourth-order valence-corrected chi connectivity index (χ4v) is 1.68. The van der Waals surface area contributed by atoms with Gasteiger partial charge in [-0.1, -0.05) is 39.5 Å². The predicted molar refractivity (Wildman–Crippen MR) is 73.6 cm³/mol. The molecule has 0 atom stereocenters. The van der Waals surface area contributed by atoms with Gasteiger partial charge in [-0.3, -0.25) is 4.79 Å². The van der Waals surface area contributed by atoms with Gasteiger partial charge in [-0.2, -0.15) is 0 Å². The molecule has 0 aliphatic heterocycles. The average Bonchev–Trinajstić information content (AvgIpc) is 2.21. The molecule has 0 aromatic rings. The van der Waals surface area contributed by atoms with E-state index in [0.717, 1.165) is 12.8 Å². The number of carbonyl (C=O) groups excluding carboxylic acids is 1. The van der Waals surface area contributed by atoms with E-state index in [1.807, 2.05) is 0 Å². The van der Waals surface area contributed by atoms with E-state index in [4.69, 9.17) is 0 Å². The minimum atomic E-state index is -0.189. The van der Waals surface area contributed by atoms with Gasteiger partial charge in [0.2, 0.25) is 0 Å². The van der Waals surface area contributed by atoms with Crippen molar-refractivity contribution in [3.05, 3.63) is 0 Å². The summed E-state index contributed by atoms with van der Waals surface area (Å²) in [7, 11) is 0. The molecule has 0 bridgehead atoms. The Hall–Kier alpha value is 0.619. The Kier molecular flexibility index (Phi) is 15.2. The van der Waals surface area contributed by atoms with Crippen molar-refractivity contribution in [1.82, 2.24) is 0 Å². The summed E-state index contributed by atoms with van der Waals surface area (Å²) in [5.74, 6) is 0.306. The van der Waals surface area contributed by atoms with Crippen molar-refractivity contribution < 1.29 is 8.98 Å². The fourth-order valence-electron chi connectivity index (χ4n) is 1.61. The maximum absolute atomic E-state index is 11.0. The quantitative estimate of drug-likeness (QED) is 0.417. The summed E-state index contributed by atoms with van der Waals surface area (Å²) in [6, 6.07) is 0. The van der Waals surface area contributed by atoms with Gasteiger partial charge in [0.15, 0.2) is 0 Å². The summed E-state index contributed by atoms with van der Waals surface area (Å²) in [6.45, 7) is 4.35. The van der Waals surface area contributed by atoms with Crippen LogP contribution in [-0.2, 0) is 8.98 Å². The van der Waals surface area contributed by atoms with Gasteiger partial charge in [-0.25, -0.2) is 0 Å². The van der Waals surface area contributed by atoms with Crippen molar-refractivity contribution in [2.45, 2.75) is 58.8 Å². The number of rotatable bonds is 8. The third-order valence-electron chi connectivity index (χ3n) is 2.49. The second kappa shape index (κ2) is 12.7. The Labute approximate surface area is 116 Å². The Bertz CT molecular complexity index is 146. The molecule has 92 valence electrons. The van der Waals surface area contributed by atoms with Crippen molar-refractivity contribution in [2.24, 2.45) is 5.92 Å². The molecule has 0 heterocycles. The minimum absolute atomic E-state index is 0. The molecule has 0 aliphatic carbocycles. The van der Waals surface area contributed by atoms with Crippen LogP contribution in [0.25, 0.3) is 0 Å². The number of thiol groups is 1. The van der Waals surface area contributed by atoms with Crippen LogP contribution in [-0.4, -0.2) is 29.9 Å². The van der Waals surface area contributed by atoms with Crippen molar-refractivity contribution in [1.29, 1.82) is 0 Å². The van der Waals surface area contributed by atoms with E-state index >= 15 is 0 Å². The number of carbonyl (C=O) groups is 1. The van der Waals surface area contributed by atoms with Gasteiger partial charge in [0, 0.05) is 19.3 Å². The first-order chi connectivity index (χ1) is 6.74. The third kappa shape index (κ3) is 10.9. The molecule has 15 heavy (non-hydrogen) atoms. The van der Waals surface area contributed by atoms with Crippen LogP contribution in [0.1, 0.15) is 58.8 Å². The zero-order valence-corrected chi connectivity index (χ0v) is 10.2. The molecule has 0 spiro atoms. The summed E-state index contributed by atoms with van der Waals surface area (Å²) in [6.07, 6.45) is 7.60. The van der Waals surface area contributed by atoms with Gasteiger partial charge in [0.1, 0.15) is 0 Å². The van der Waals surface area contributed by atoms with Gasteiger partial charge in [0.25, 0.3) is 0 Å². The normalized spacial score (nSPS) is 9.87. The molecule has 0 N–H and O–H groups in total. The van der Waals surface area contributed by atoms with Crippen LogP contribution in [0.4, 0.5) is 0 Å². The Morgan fingerprint density at radius 1 is 1.20 bits per heavy atom. The topological polar surface area (TPSA) is 26.3 Å². The van der Waals surface area contributed by atoms with Crippen molar-refractivity contribution in [3.8, 4) is 0 Å². The van der Waals surface area contributed by atoms with Gasteiger partial charge in [0.05, 0.1) is 0 Å². The van der Waals surface area contributed by atoms with E-state index < -0.39 is 0 Å². The molecule has 0 rings (SSSR count). The molecular weight excluding hydrogens is 315 g/mol. The molecule has 0 unspecified atom stereocenters. The Morgan fingerprint density at radius 3 is 2.00 bits per heavy atom. The van der Waals surface area contributed by atoms with Gasteiger partial charge < -0.3 is 4.18 Å². The number of hydrogen-bond acceptors (Lipinski definition) is 3. The van der Waals surface area contributed by atoms with E-state index in [2.05, 4.69) is 30.9 Å². The molecule has 0 saturated heterocycles. The average molecular weight is 341 g/mol. The SMILES string of the molecule is CCCCC(CCCC)CC(=O)OS.[SnH4]. The molecule has 0 amide bonds. The van der Waals surface area contributed by atoms with Crippen molar-refractivity contribution in [3.63, 3.8) is 0 Å². The van der Waals surface area contributed by atoms with Crippen LogP contribution >= 0.6 is 12.9 Å². The predicted octanol–water partition coefficient (Wildman–Crippen LogP) is 2.31. The fraction of sp³-hybridized carbons (Fsp3) is 0.909. The molecule has 0 aromatic carbocycles. The second-order valence-electron chi connectivity index (χ2n) is 3.82.